The number of nitrogens with zero attached hydrogens (tertiary/aromatic N) is 4. The van der Waals surface area contributed by atoms with Gasteiger partial charge in [0.2, 0.25) is 5.91 Å². The molecule has 0 bridgehead atoms. The van der Waals surface area contributed by atoms with E-state index in [-0.39, 0.29) is 24.9 Å². The number of amides is 4. The number of urea groups is 1. The number of carbonyl (C=O) groups excluding carboxylic acids is 3. The Balaban J connectivity index is 1.39. The number of fused-ring (bicyclic) bond motifs is 1. The minimum atomic E-state index is -0.592. The molecule has 1 aromatic carbocycles. The van der Waals surface area contributed by atoms with E-state index in [0.717, 1.165) is 10.6 Å². The van der Waals surface area contributed by atoms with Crippen LogP contribution in [-0.4, -0.2) is 56.6 Å². The summed E-state index contributed by atoms with van der Waals surface area (Å²) in [5.74, 6) is -0.606. The molecule has 142 valence electrons. The van der Waals surface area contributed by atoms with Crippen LogP contribution in [0.1, 0.15) is 16.1 Å². The van der Waals surface area contributed by atoms with Crippen LogP contribution in [0.3, 0.4) is 0 Å². The Bertz CT molecular complexity index is 1010. The van der Waals surface area contributed by atoms with Crippen molar-refractivity contribution in [3.63, 3.8) is 0 Å². The third-order valence-electron chi connectivity index (χ3n) is 4.54. The second-order valence-electron chi connectivity index (χ2n) is 6.27. The number of allylic oxidation sites excluding steroid dienone is 1. The Hall–Kier alpha value is -3.20. The van der Waals surface area contributed by atoms with Gasteiger partial charge < -0.3 is 5.32 Å². The van der Waals surface area contributed by atoms with E-state index in [1.54, 1.807) is 16.2 Å². The van der Waals surface area contributed by atoms with Gasteiger partial charge in [-0.25, -0.2) is 9.48 Å². The van der Waals surface area contributed by atoms with Crippen LogP contribution in [0.4, 0.5) is 4.79 Å². The molecule has 3 heterocycles. The molecule has 0 aliphatic carbocycles. The number of para-hydroxylation sites is 1. The number of imide groups is 1. The second-order valence-corrected chi connectivity index (χ2v) is 7.29. The van der Waals surface area contributed by atoms with Crippen LogP contribution in [-0.2, 0) is 4.79 Å². The van der Waals surface area contributed by atoms with Gasteiger partial charge in [-0.15, -0.1) is 11.8 Å². The molecule has 0 spiro atoms. The molecule has 0 fully saturated rings. The van der Waals surface area contributed by atoms with Gasteiger partial charge in [0.15, 0.2) is 0 Å². The number of nitrogens with one attached hydrogen (secondary N) is 1. The van der Waals surface area contributed by atoms with Crippen LogP contribution in [0, 0.1) is 6.92 Å². The van der Waals surface area contributed by atoms with E-state index in [0.29, 0.717) is 17.0 Å². The van der Waals surface area contributed by atoms with Gasteiger partial charge >= 0.3 is 6.03 Å². The van der Waals surface area contributed by atoms with E-state index >= 15 is 0 Å². The van der Waals surface area contributed by atoms with Crippen LogP contribution < -0.4 is 5.32 Å². The number of rotatable bonds is 5. The van der Waals surface area contributed by atoms with Gasteiger partial charge in [-0.05, 0) is 30.5 Å². The summed E-state index contributed by atoms with van der Waals surface area (Å²) in [6.07, 6.45) is 3.18. The van der Waals surface area contributed by atoms with Crippen molar-refractivity contribution in [2.75, 3.05) is 13.1 Å². The Morgan fingerprint density at radius 3 is 2.82 bits per heavy atom. The van der Waals surface area contributed by atoms with Crippen LogP contribution in [0.25, 0.3) is 5.69 Å². The SMILES string of the molecule is Cc1c(C(=O)NCCN2C(=O)N=C3C=CSC3C2=O)cnn1-c1ccccc1. The fraction of sp³-hybridized carbons (Fsp3) is 0.211. The number of benzene rings is 1. The highest BCUT2D eigenvalue weighted by Gasteiger charge is 2.38. The minimum Gasteiger partial charge on any atom is -0.350 e. The fourth-order valence-electron chi connectivity index (χ4n) is 3.08. The number of aromatic nitrogens is 2. The van der Waals surface area contributed by atoms with E-state index in [4.69, 9.17) is 0 Å². The topological polar surface area (TPSA) is 96.7 Å². The normalized spacial score (nSPS) is 18.2. The summed E-state index contributed by atoms with van der Waals surface area (Å²) in [4.78, 5) is 42.0. The average molecular weight is 395 g/mol. The molecule has 4 rings (SSSR count). The number of aliphatic imine (C=N–C) groups is 1. The smallest absolute Gasteiger partial charge is 0.350 e. The Kier molecular flexibility index (Phi) is 4.82. The van der Waals surface area contributed by atoms with Crippen molar-refractivity contribution >= 4 is 35.3 Å². The molecule has 9 heteroatoms. The first-order chi connectivity index (χ1) is 13.6. The second kappa shape index (κ2) is 7.43. The third-order valence-corrected chi connectivity index (χ3v) is 5.55. The molecule has 8 nitrogen and oxygen atoms in total. The number of hydrogen-bond acceptors (Lipinski definition) is 5. The first-order valence-corrected chi connectivity index (χ1v) is 9.64. The quantitative estimate of drug-likeness (QED) is 0.835. The summed E-state index contributed by atoms with van der Waals surface area (Å²) >= 11 is 1.33. The lowest BCUT2D eigenvalue weighted by molar-refractivity contribution is -0.126. The zero-order valence-corrected chi connectivity index (χ0v) is 15.8. The van der Waals surface area contributed by atoms with Crippen molar-refractivity contribution in [2.45, 2.75) is 12.2 Å². The molecule has 1 unspecified atom stereocenters. The van der Waals surface area contributed by atoms with Crippen LogP contribution >= 0.6 is 11.8 Å². The summed E-state index contributed by atoms with van der Waals surface area (Å²) in [5.41, 5.74) is 2.50. The summed E-state index contributed by atoms with van der Waals surface area (Å²) in [5, 5.41) is 8.32. The lowest BCUT2D eigenvalue weighted by Crippen LogP contribution is -2.49. The maximum absolute atomic E-state index is 12.5. The van der Waals surface area contributed by atoms with Crippen LogP contribution in [0.15, 0.2) is 53.0 Å². The van der Waals surface area contributed by atoms with E-state index in [9.17, 15) is 14.4 Å². The lowest BCUT2D eigenvalue weighted by atomic mass is 10.2. The molecule has 1 aromatic heterocycles. The van der Waals surface area contributed by atoms with Crippen molar-refractivity contribution in [2.24, 2.45) is 4.99 Å². The Labute approximate surface area is 165 Å². The largest absolute Gasteiger partial charge is 0.350 e. The number of hydrogen-bond donors (Lipinski definition) is 1. The minimum absolute atomic E-state index is 0.0725. The maximum Gasteiger partial charge on any atom is 0.350 e. The summed E-state index contributed by atoms with van der Waals surface area (Å²) in [6.45, 7) is 2.03. The van der Waals surface area contributed by atoms with Crippen molar-refractivity contribution < 1.29 is 14.4 Å². The van der Waals surface area contributed by atoms with Crippen molar-refractivity contribution in [1.29, 1.82) is 0 Å². The molecule has 0 saturated heterocycles. The Morgan fingerprint density at radius 2 is 2.04 bits per heavy atom. The van der Waals surface area contributed by atoms with Gasteiger partial charge in [0.25, 0.3) is 5.91 Å². The zero-order chi connectivity index (χ0) is 19.7. The van der Waals surface area contributed by atoms with E-state index in [1.165, 1.54) is 18.0 Å². The predicted molar refractivity (Wildman–Crippen MR) is 106 cm³/mol. The van der Waals surface area contributed by atoms with E-state index in [2.05, 4.69) is 15.4 Å². The third kappa shape index (κ3) is 3.24. The number of carbonyl (C=O) groups is 3. The molecular weight excluding hydrogens is 378 g/mol. The first kappa shape index (κ1) is 18.2. The molecule has 2 aromatic rings. The van der Waals surface area contributed by atoms with Gasteiger partial charge in [0.1, 0.15) is 5.25 Å². The first-order valence-electron chi connectivity index (χ1n) is 8.70. The highest BCUT2D eigenvalue weighted by molar-refractivity contribution is 8.04. The van der Waals surface area contributed by atoms with Gasteiger partial charge in [0.05, 0.1) is 28.9 Å². The standard InChI is InChI=1S/C19H17N5O3S/c1-12-14(11-21-24(12)13-5-3-2-4-6-13)17(25)20-8-9-23-18(26)16-15(7-10-28-16)22-19(23)27/h2-7,10-11,16H,8-9H2,1H3,(H,20,25). The molecule has 4 amide bonds. The van der Waals surface area contributed by atoms with Gasteiger partial charge in [-0.2, -0.15) is 10.1 Å². The molecule has 2 aliphatic heterocycles. The van der Waals surface area contributed by atoms with E-state index < -0.39 is 11.3 Å². The van der Waals surface area contributed by atoms with Gasteiger partial charge in [-0.1, -0.05) is 18.2 Å². The molecular formula is C19H17N5O3S. The summed E-state index contributed by atoms with van der Waals surface area (Å²) < 4.78 is 1.69. The molecule has 0 radical (unpaired) electrons. The fourth-order valence-corrected chi connectivity index (χ4v) is 3.97. The average Bonchev–Trinajstić information content (AvgIpc) is 3.31. The van der Waals surface area contributed by atoms with Crippen LogP contribution in [0.2, 0.25) is 0 Å². The lowest BCUT2D eigenvalue weighted by Gasteiger charge is -2.25. The van der Waals surface area contributed by atoms with E-state index in [1.807, 2.05) is 37.3 Å². The summed E-state index contributed by atoms with van der Waals surface area (Å²) in [6, 6.07) is 8.92. The highest BCUT2D eigenvalue weighted by Crippen LogP contribution is 2.27. The Morgan fingerprint density at radius 1 is 1.25 bits per heavy atom. The van der Waals surface area contributed by atoms with Gasteiger partial charge in [-0.3, -0.25) is 14.5 Å². The predicted octanol–water partition coefficient (Wildman–Crippen LogP) is 1.94. The summed E-state index contributed by atoms with van der Waals surface area (Å²) in [7, 11) is 0. The maximum atomic E-state index is 12.5. The van der Waals surface area contributed by atoms with Crippen molar-refractivity contribution in [1.82, 2.24) is 20.0 Å². The molecule has 1 N–H and O–H groups in total. The highest BCUT2D eigenvalue weighted by atomic mass is 32.2. The van der Waals surface area contributed by atoms with Crippen LogP contribution in [0.5, 0.6) is 0 Å². The van der Waals surface area contributed by atoms with Crippen molar-refractivity contribution in [3.8, 4) is 5.69 Å². The van der Waals surface area contributed by atoms with Gasteiger partial charge in [0, 0.05) is 13.1 Å². The monoisotopic (exact) mass is 395 g/mol. The number of thioether (sulfide) groups is 1. The zero-order valence-electron chi connectivity index (χ0n) is 15.0. The molecule has 2 aliphatic rings. The molecule has 1 atom stereocenters. The molecule has 28 heavy (non-hydrogen) atoms. The van der Waals surface area contributed by atoms with Crippen molar-refractivity contribution in [3.05, 3.63) is 59.3 Å². The molecule has 0 saturated carbocycles.